The fourth-order valence-corrected chi connectivity index (χ4v) is 1.30. The Hall–Kier alpha value is 0.480. The largest absolute Gasteiger partial charge is 1.00 e. The van der Waals surface area contributed by atoms with E-state index < -0.39 is 0 Å². The van der Waals surface area contributed by atoms with Gasteiger partial charge in [0, 0.05) is 0 Å². The van der Waals surface area contributed by atoms with Gasteiger partial charge in [0.1, 0.15) is 0 Å². The molecule has 0 aromatic heterocycles. The van der Waals surface area contributed by atoms with Crippen LogP contribution in [-0.4, -0.2) is 0 Å². The molecule has 0 saturated heterocycles. The Morgan fingerprint density at radius 2 is 1.10 bits per heavy atom. The first-order valence-electron chi connectivity index (χ1n) is 3.46. The second kappa shape index (κ2) is 3.75. The Labute approximate surface area is 85.7 Å². The smallest absolute Gasteiger partial charge is 0.0661 e. The van der Waals surface area contributed by atoms with Gasteiger partial charge in [0.2, 0.25) is 0 Å². The summed E-state index contributed by atoms with van der Waals surface area (Å²) in [5.74, 6) is 0. The van der Waals surface area contributed by atoms with Crippen LogP contribution in [0.5, 0.6) is 0 Å². The molecule has 50 valence electrons. The van der Waals surface area contributed by atoms with E-state index in [1.54, 1.807) is 11.1 Å². The van der Waals surface area contributed by atoms with E-state index in [2.05, 4.69) is 27.7 Å². The van der Waals surface area contributed by atoms with Gasteiger partial charge in [0.15, 0.2) is 0 Å². The maximum atomic E-state index is 2.22. The summed E-state index contributed by atoms with van der Waals surface area (Å²) in [6.45, 7) is 8.85. The SMILES string of the molecule is CC1=C(C)C(C)=C(C)C1.[Na+]. The Morgan fingerprint density at radius 1 is 0.800 bits per heavy atom. The zero-order valence-electron chi connectivity index (χ0n) is 7.71. The molecule has 1 aliphatic rings. The minimum absolute atomic E-state index is 0. The normalized spacial score (nSPS) is 18.0. The molecule has 0 aromatic carbocycles. The van der Waals surface area contributed by atoms with Crippen molar-refractivity contribution < 1.29 is 29.6 Å². The van der Waals surface area contributed by atoms with E-state index in [9.17, 15) is 0 Å². The summed E-state index contributed by atoms with van der Waals surface area (Å²) in [5.41, 5.74) is 6.11. The van der Waals surface area contributed by atoms with Crippen molar-refractivity contribution in [1.82, 2.24) is 0 Å². The molecule has 1 rings (SSSR count). The summed E-state index contributed by atoms with van der Waals surface area (Å²) in [5, 5.41) is 0. The van der Waals surface area contributed by atoms with E-state index in [1.165, 1.54) is 17.6 Å². The predicted octanol–water partition coefficient (Wildman–Crippen LogP) is 0.0669. The molecule has 0 N–H and O–H groups in total. The first-order chi connectivity index (χ1) is 4.13. The van der Waals surface area contributed by atoms with Crippen LogP contribution >= 0.6 is 0 Å². The van der Waals surface area contributed by atoms with Crippen LogP contribution in [0.3, 0.4) is 0 Å². The van der Waals surface area contributed by atoms with Crippen molar-refractivity contribution >= 4 is 0 Å². The Kier molecular flexibility index (Phi) is 3.93. The monoisotopic (exact) mass is 145 g/mol. The van der Waals surface area contributed by atoms with Gasteiger partial charge in [0.05, 0.1) is 0 Å². The zero-order chi connectivity index (χ0) is 7.02. The van der Waals surface area contributed by atoms with E-state index in [0.717, 1.165) is 0 Å². The molecule has 0 fully saturated rings. The number of hydrogen-bond acceptors (Lipinski definition) is 0. The summed E-state index contributed by atoms with van der Waals surface area (Å²) < 4.78 is 0. The average Bonchev–Trinajstić information content (AvgIpc) is 1.98. The molecule has 0 aliphatic heterocycles. The third-order valence-electron chi connectivity index (χ3n) is 2.37. The molecule has 10 heavy (non-hydrogen) atoms. The van der Waals surface area contributed by atoms with Crippen LogP contribution in [0.25, 0.3) is 0 Å². The topological polar surface area (TPSA) is 0 Å². The minimum Gasteiger partial charge on any atom is -0.0661 e. The van der Waals surface area contributed by atoms with E-state index in [4.69, 9.17) is 0 Å². The van der Waals surface area contributed by atoms with Crippen molar-refractivity contribution in [2.24, 2.45) is 0 Å². The average molecular weight is 145 g/mol. The molecule has 0 nitrogen and oxygen atoms in total. The number of rotatable bonds is 0. The molecule has 1 heteroatoms. The number of hydrogen-bond donors (Lipinski definition) is 0. The van der Waals surface area contributed by atoms with Gasteiger partial charge in [-0.25, -0.2) is 0 Å². The van der Waals surface area contributed by atoms with Crippen LogP contribution in [-0.2, 0) is 0 Å². The standard InChI is InChI=1S/C9H14.Na/c1-6-5-7(2)9(4)8(6)3;/h5H2,1-4H3;/q;+1. The zero-order valence-corrected chi connectivity index (χ0v) is 9.71. The molecule has 0 heterocycles. The fraction of sp³-hybridized carbons (Fsp3) is 0.556. The first kappa shape index (κ1) is 10.5. The van der Waals surface area contributed by atoms with Crippen molar-refractivity contribution in [3.8, 4) is 0 Å². The van der Waals surface area contributed by atoms with Crippen LogP contribution in [0.2, 0.25) is 0 Å². The molecular weight excluding hydrogens is 131 g/mol. The van der Waals surface area contributed by atoms with Crippen molar-refractivity contribution in [2.45, 2.75) is 34.1 Å². The number of allylic oxidation sites excluding steroid dienone is 4. The molecule has 1 aliphatic carbocycles. The van der Waals surface area contributed by atoms with Crippen molar-refractivity contribution in [2.75, 3.05) is 0 Å². The third kappa shape index (κ3) is 1.75. The maximum absolute atomic E-state index is 2.22. The molecule has 0 aromatic rings. The van der Waals surface area contributed by atoms with Gasteiger partial charge in [-0.3, -0.25) is 0 Å². The molecule has 0 amide bonds. The van der Waals surface area contributed by atoms with Crippen molar-refractivity contribution in [3.63, 3.8) is 0 Å². The predicted molar refractivity (Wildman–Crippen MR) is 41.4 cm³/mol. The van der Waals surface area contributed by atoms with Gasteiger partial charge in [-0.2, -0.15) is 0 Å². The van der Waals surface area contributed by atoms with Crippen LogP contribution in [0.15, 0.2) is 22.3 Å². The van der Waals surface area contributed by atoms with Crippen LogP contribution in [0.1, 0.15) is 34.1 Å². The van der Waals surface area contributed by atoms with Gasteiger partial charge in [-0.15, -0.1) is 0 Å². The van der Waals surface area contributed by atoms with Crippen LogP contribution < -0.4 is 29.6 Å². The molecule has 0 saturated carbocycles. The van der Waals surface area contributed by atoms with Gasteiger partial charge >= 0.3 is 29.6 Å². The summed E-state index contributed by atoms with van der Waals surface area (Å²) in [4.78, 5) is 0. The molecule has 0 spiro atoms. The van der Waals surface area contributed by atoms with Crippen molar-refractivity contribution in [1.29, 1.82) is 0 Å². The quantitative estimate of drug-likeness (QED) is 0.423. The minimum atomic E-state index is 0. The van der Waals surface area contributed by atoms with Gasteiger partial charge < -0.3 is 0 Å². The second-order valence-electron chi connectivity index (χ2n) is 2.99. The molecular formula is C9H14Na+. The van der Waals surface area contributed by atoms with Crippen LogP contribution in [0, 0.1) is 0 Å². The van der Waals surface area contributed by atoms with Crippen LogP contribution in [0.4, 0.5) is 0 Å². The molecule has 0 unspecified atom stereocenters. The van der Waals surface area contributed by atoms with Gasteiger partial charge in [-0.05, 0) is 45.3 Å². The van der Waals surface area contributed by atoms with Gasteiger partial charge in [0.25, 0.3) is 0 Å². The first-order valence-corrected chi connectivity index (χ1v) is 3.46. The Balaban J connectivity index is 0.000000810. The Bertz CT molecular complexity index is 175. The van der Waals surface area contributed by atoms with Crippen molar-refractivity contribution in [3.05, 3.63) is 22.3 Å². The summed E-state index contributed by atoms with van der Waals surface area (Å²) >= 11 is 0. The van der Waals surface area contributed by atoms with E-state index in [-0.39, 0.29) is 29.6 Å². The fourth-order valence-electron chi connectivity index (χ4n) is 1.30. The summed E-state index contributed by atoms with van der Waals surface area (Å²) in [6.07, 6.45) is 1.21. The molecule has 0 radical (unpaired) electrons. The maximum Gasteiger partial charge on any atom is 1.00 e. The molecule has 0 atom stereocenters. The van der Waals surface area contributed by atoms with E-state index in [1.807, 2.05) is 0 Å². The van der Waals surface area contributed by atoms with E-state index >= 15 is 0 Å². The third-order valence-corrected chi connectivity index (χ3v) is 2.37. The van der Waals surface area contributed by atoms with E-state index in [0.29, 0.717) is 0 Å². The summed E-state index contributed by atoms with van der Waals surface area (Å²) in [6, 6.07) is 0. The second-order valence-corrected chi connectivity index (χ2v) is 2.99. The molecule has 0 bridgehead atoms. The summed E-state index contributed by atoms with van der Waals surface area (Å²) in [7, 11) is 0. The van der Waals surface area contributed by atoms with Gasteiger partial charge in [-0.1, -0.05) is 11.1 Å². The Morgan fingerprint density at radius 3 is 1.20 bits per heavy atom.